The fourth-order valence-corrected chi connectivity index (χ4v) is 3.02. The predicted molar refractivity (Wildman–Crippen MR) is 92.8 cm³/mol. The van der Waals surface area contributed by atoms with Crippen LogP contribution in [0.5, 0.6) is 0 Å². The first-order chi connectivity index (χ1) is 10.9. The quantitative estimate of drug-likeness (QED) is 0.815. The van der Waals surface area contributed by atoms with Crippen molar-refractivity contribution in [2.45, 2.75) is 18.9 Å². The number of rotatable bonds is 3. The maximum Gasteiger partial charge on any atom is 0.339 e. The molecule has 0 bridgehead atoms. The van der Waals surface area contributed by atoms with Gasteiger partial charge in [0.25, 0.3) is 0 Å². The number of likely N-dealkylation sites (tertiary alicyclic amines) is 1. The smallest absolute Gasteiger partial charge is 0.339 e. The van der Waals surface area contributed by atoms with Gasteiger partial charge in [-0.05, 0) is 47.0 Å². The van der Waals surface area contributed by atoms with Crippen molar-refractivity contribution in [2.75, 3.05) is 39.6 Å². The van der Waals surface area contributed by atoms with E-state index in [4.69, 9.17) is 4.74 Å². The fourth-order valence-electron chi connectivity index (χ4n) is 2.62. The summed E-state index contributed by atoms with van der Waals surface area (Å²) >= 11 is 3.36. The molecule has 0 aliphatic carbocycles. The van der Waals surface area contributed by atoms with E-state index in [0.717, 1.165) is 31.6 Å². The van der Waals surface area contributed by atoms with Crippen LogP contribution in [-0.2, 0) is 4.74 Å². The van der Waals surface area contributed by atoms with Gasteiger partial charge in [0, 0.05) is 43.4 Å². The van der Waals surface area contributed by atoms with E-state index in [0.29, 0.717) is 10.0 Å². The number of piperidine rings is 1. The Bertz CT molecular complexity index is 584. The summed E-state index contributed by atoms with van der Waals surface area (Å²) in [5.74, 6) is -0.369. The molecule has 2 rings (SSSR count). The Hall–Kier alpha value is -1.76. The van der Waals surface area contributed by atoms with Crippen LogP contribution in [0.1, 0.15) is 23.2 Å². The monoisotopic (exact) mass is 383 g/mol. The fraction of sp³-hybridized carbons (Fsp3) is 0.500. The first-order valence-electron chi connectivity index (χ1n) is 7.53. The molecule has 23 heavy (non-hydrogen) atoms. The van der Waals surface area contributed by atoms with E-state index in [-0.39, 0.29) is 18.0 Å². The number of anilines is 1. The van der Waals surface area contributed by atoms with Gasteiger partial charge in [-0.3, -0.25) is 0 Å². The topological polar surface area (TPSA) is 61.9 Å². The summed E-state index contributed by atoms with van der Waals surface area (Å²) in [5, 5.41) is 3.44. The van der Waals surface area contributed by atoms with Crippen molar-refractivity contribution in [1.82, 2.24) is 9.80 Å². The van der Waals surface area contributed by atoms with E-state index in [9.17, 15) is 9.59 Å². The van der Waals surface area contributed by atoms with Crippen LogP contribution in [-0.4, -0.2) is 62.1 Å². The molecular formula is C16H22BrN3O3. The molecular weight excluding hydrogens is 362 g/mol. The van der Waals surface area contributed by atoms with E-state index in [1.54, 1.807) is 25.1 Å². The number of nitrogens with one attached hydrogen (secondary N) is 1. The average Bonchev–Trinajstić information content (AvgIpc) is 2.55. The van der Waals surface area contributed by atoms with Crippen LogP contribution in [0.3, 0.4) is 0 Å². The van der Waals surface area contributed by atoms with Gasteiger partial charge in [-0.25, -0.2) is 9.59 Å². The lowest BCUT2D eigenvalue weighted by Gasteiger charge is -2.34. The number of carbonyl (C=O) groups excluding carboxylic acids is 2. The van der Waals surface area contributed by atoms with E-state index in [1.165, 1.54) is 7.11 Å². The van der Waals surface area contributed by atoms with Gasteiger partial charge < -0.3 is 19.9 Å². The molecule has 1 fully saturated rings. The van der Waals surface area contributed by atoms with Crippen LogP contribution in [0, 0.1) is 0 Å². The van der Waals surface area contributed by atoms with Crippen molar-refractivity contribution in [1.29, 1.82) is 0 Å². The Morgan fingerprint density at radius 3 is 2.52 bits per heavy atom. The lowest BCUT2D eigenvalue weighted by atomic mass is 10.0. The van der Waals surface area contributed by atoms with Crippen LogP contribution < -0.4 is 5.32 Å². The zero-order valence-corrected chi connectivity index (χ0v) is 15.2. The molecule has 1 N–H and O–H groups in total. The number of carbonyl (C=O) groups is 2. The molecule has 1 saturated heterocycles. The van der Waals surface area contributed by atoms with Gasteiger partial charge >= 0.3 is 12.0 Å². The second-order valence-corrected chi connectivity index (χ2v) is 6.62. The number of hydrogen-bond acceptors (Lipinski definition) is 4. The Kier molecular flexibility index (Phi) is 5.87. The number of nitrogens with zero attached hydrogens (tertiary/aromatic N) is 2. The van der Waals surface area contributed by atoms with E-state index in [1.807, 2.05) is 17.0 Å². The number of amides is 2. The van der Waals surface area contributed by atoms with Gasteiger partial charge in [-0.15, -0.1) is 0 Å². The molecule has 126 valence electrons. The Labute approximate surface area is 144 Å². The number of methoxy groups -OCH3 is 1. The van der Waals surface area contributed by atoms with Gasteiger partial charge in [0.15, 0.2) is 0 Å². The summed E-state index contributed by atoms with van der Waals surface area (Å²) in [5.41, 5.74) is 1.38. The first kappa shape index (κ1) is 17.6. The summed E-state index contributed by atoms with van der Waals surface area (Å²) in [6, 6.07) is 5.88. The van der Waals surface area contributed by atoms with E-state index < -0.39 is 0 Å². The van der Waals surface area contributed by atoms with Crippen LogP contribution in [0.2, 0.25) is 0 Å². The maximum atomic E-state index is 11.9. The number of ether oxygens (including phenoxy) is 1. The summed E-state index contributed by atoms with van der Waals surface area (Å²) in [6.07, 6.45) is 1.76. The molecule has 0 atom stereocenters. The molecule has 1 aliphatic heterocycles. The van der Waals surface area contributed by atoms with Gasteiger partial charge in [-0.1, -0.05) is 0 Å². The molecule has 1 aromatic rings. The Morgan fingerprint density at radius 1 is 1.30 bits per heavy atom. The zero-order valence-electron chi connectivity index (χ0n) is 13.6. The summed E-state index contributed by atoms with van der Waals surface area (Å²) in [7, 11) is 4.90. The largest absolute Gasteiger partial charge is 0.465 e. The minimum atomic E-state index is -0.369. The molecule has 0 spiro atoms. The molecule has 0 radical (unpaired) electrons. The first-order valence-corrected chi connectivity index (χ1v) is 8.32. The minimum absolute atomic E-state index is 0.0556. The van der Waals surface area contributed by atoms with Crippen LogP contribution in [0.15, 0.2) is 22.7 Å². The zero-order chi connectivity index (χ0) is 17.0. The van der Waals surface area contributed by atoms with Crippen LogP contribution in [0.4, 0.5) is 10.5 Å². The molecule has 0 unspecified atom stereocenters. The highest BCUT2D eigenvalue weighted by Gasteiger charge is 2.23. The lowest BCUT2D eigenvalue weighted by Crippen LogP contribution is -2.46. The third kappa shape index (κ3) is 4.37. The third-order valence-corrected chi connectivity index (χ3v) is 4.58. The van der Waals surface area contributed by atoms with Crippen molar-refractivity contribution < 1.29 is 14.3 Å². The second kappa shape index (κ2) is 7.68. The number of esters is 1. The predicted octanol–water partition coefficient (Wildman–Crippen LogP) is 2.79. The van der Waals surface area contributed by atoms with Crippen molar-refractivity contribution in [3.63, 3.8) is 0 Å². The number of hydrogen-bond donors (Lipinski definition) is 1. The molecule has 0 saturated carbocycles. The van der Waals surface area contributed by atoms with Gasteiger partial charge in [0.1, 0.15) is 0 Å². The highest BCUT2D eigenvalue weighted by atomic mass is 79.9. The highest BCUT2D eigenvalue weighted by Crippen LogP contribution is 2.24. The van der Waals surface area contributed by atoms with Gasteiger partial charge in [0.2, 0.25) is 0 Å². The van der Waals surface area contributed by atoms with E-state index in [2.05, 4.69) is 21.2 Å². The van der Waals surface area contributed by atoms with Gasteiger partial charge in [-0.2, -0.15) is 0 Å². The van der Waals surface area contributed by atoms with Crippen molar-refractivity contribution in [3.05, 3.63) is 28.2 Å². The molecule has 6 nitrogen and oxygen atoms in total. The van der Waals surface area contributed by atoms with Crippen molar-refractivity contribution >= 4 is 33.6 Å². The molecule has 1 heterocycles. The highest BCUT2D eigenvalue weighted by molar-refractivity contribution is 9.10. The molecule has 1 aromatic carbocycles. The normalized spacial score (nSPS) is 15.2. The molecule has 0 aromatic heterocycles. The molecule has 1 aliphatic rings. The Balaban J connectivity index is 1.97. The summed E-state index contributed by atoms with van der Waals surface area (Å²) in [6.45, 7) is 1.46. The Morgan fingerprint density at radius 2 is 1.96 bits per heavy atom. The van der Waals surface area contributed by atoms with Crippen molar-refractivity contribution in [2.24, 2.45) is 0 Å². The van der Waals surface area contributed by atoms with Crippen LogP contribution in [0.25, 0.3) is 0 Å². The third-order valence-electron chi connectivity index (χ3n) is 3.89. The number of benzene rings is 1. The van der Waals surface area contributed by atoms with Gasteiger partial charge in [0.05, 0.1) is 12.7 Å². The molecule has 2 amide bonds. The standard InChI is InChI=1S/C16H22BrN3O3/c1-19(2)16(22)20-8-6-11(7-9-20)18-12-4-5-14(17)13(10-12)15(21)23-3/h4-5,10-11,18H,6-9H2,1-3H3. The summed E-state index contributed by atoms with van der Waals surface area (Å²) in [4.78, 5) is 27.1. The van der Waals surface area contributed by atoms with Crippen LogP contribution >= 0.6 is 15.9 Å². The second-order valence-electron chi connectivity index (χ2n) is 5.77. The SMILES string of the molecule is COC(=O)c1cc(NC2CCN(C(=O)N(C)C)CC2)ccc1Br. The lowest BCUT2D eigenvalue weighted by molar-refractivity contribution is 0.0599. The number of halogens is 1. The van der Waals surface area contributed by atoms with Crippen molar-refractivity contribution in [3.8, 4) is 0 Å². The minimum Gasteiger partial charge on any atom is -0.465 e. The van der Waals surface area contributed by atoms with E-state index >= 15 is 0 Å². The average molecular weight is 384 g/mol. The number of urea groups is 1. The maximum absolute atomic E-state index is 11.9. The summed E-state index contributed by atoms with van der Waals surface area (Å²) < 4.78 is 5.49. The molecule has 7 heteroatoms.